The highest BCUT2D eigenvalue weighted by Crippen LogP contribution is 2.15. The van der Waals surface area contributed by atoms with Crippen LogP contribution < -0.4 is 4.74 Å². The van der Waals surface area contributed by atoms with Gasteiger partial charge in [0.15, 0.2) is 0 Å². The zero-order valence-electron chi connectivity index (χ0n) is 8.36. The predicted octanol–water partition coefficient (Wildman–Crippen LogP) is 4.08. The molecule has 1 heterocycles. The monoisotopic (exact) mass is 297 g/mol. The molecule has 16 heavy (non-hydrogen) atoms. The number of hydrogen-bond acceptors (Lipinski definition) is 2. The number of rotatable bonds is 3. The third-order valence-electron chi connectivity index (χ3n) is 1.97. The molecule has 2 aromatic rings. The van der Waals surface area contributed by atoms with Crippen molar-refractivity contribution in [1.82, 2.24) is 4.98 Å². The van der Waals surface area contributed by atoms with Crippen LogP contribution in [0.25, 0.3) is 0 Å². The molecule has 0 saturated heterocycles. The second-order valence-electron chi connectivity index (χ2n) is 3.22. The van der Waals surface area contributed by atoms with E-state index in [-0.39, 0.29) is 0 Å². The fourth-order valence-corrected chi connectivity index (χ4v) is 1.86. The van der Waals surface area contributed by atoms with Crippen molar-refractivity contribution in [3.05, 3.63) is 57.7 Å². The van der Waals surface area contributed by atoms with E-state index in [1.54, 1.807) is 12.1 Å². The van der Waals surface area contributed by atoms with Crippen molar-refractivity contribution >= 4 is 27.5 Å². The first-order valence-corrected chi connectivity index (χ1v) is 5.91. The van der Waals surface area contributed by atoms with Crippen molar-refractivity contribution < 1.29 is 4.74 Å². The van der Waals surface area contributed by atoms with Crippen molar-refractivity contribution in [1.29, 1.82) is 0 Å². The van der Waals surface area contributed by atoms with Crippen LogP contribution in [0, 0.1) is 0 Å². The van der Waals surface area contributed by atoms with Crippen LogP contribution >= 0.6 is 27.5 Å². The highest BCUT2D eigenvalue weighted by Gasteiger charge is 1.98. The lowest BCUT2D eigenvalue weighted by atomic mass is 10.2. The molecule has 0 aliphatic rings. The molecule has 0 aliphatic carbocycles. The maximum Gasteiger partial charge on any atom is 0.214 e. The Labute approximate surface area is 107 Å². The van der Waals surface area contributed by atoms with Gasteiger partial charge in [0.2, 0.25) is 5.88 Å². The van der Waals surface area contributed by atoms with Crippen LogP contribution in [-0.4, -0.2) is 4.98 Å². The molecule has 0 N–H and O–H groups in total. The summed E-state index contributed by atoms with van der Waals surface area (Å²) in [6, 6.07) is 13.2. The molecule has 0 unspecified atom stereocenters. The number of benzene rings is 1. The Morgan fingerprint density at radius 1 is 1.19 bits per heavy atom. The van der Waals surface area contributed by atoms with Gasteiger partial charge in [0.05, 0.1) is 0 Å². The van der Waals surface area contributed by atoms with E-state index in [1.807, 2.05) is 30.3 Å². The highest BCUT2D eigenvalue weighted by molar-refractivity contribution is 9.10. The molecule has 2 nitrogen and oxygen atoms in total. The summed E-state index contributed by atoms with van der Waals surface area (Å²) in [7, 11) is 0. The molecule has 1 aromatic carbocycles. The van der Waals surface area contributed by atoms with Crippen LogP contribution in [0.1, 0.15) is 5.56 Å². The average molecular weight is 299 g/mol. The minimum absolute atomic E-state index is 0.437. The van der Waals surface area contributed by atoms with E-state index in [1.165, 1.54) is 0 Å². The Hall–Kier alpha value is -1.06. The molecule has 0 saturated carbocycles. The Kier molecular flexibility index (Phi) is 3.80. The molecule has 0 spiro atoms. The summed E-state index contributed by atoms with van der Waals surface area (Å²) in [6.07, 6.45) is 0. The summed E-state index contributed by atoms with van der Waals surface area (Å²) in [5, 5.41) is 0.437. The summed E-state index contributed by atoms with van der Waals surface area (Å²) in [5.41, 5.74) is 1.08. The number of ether oxygens (including phenoxy) is 1. The van der Waals surface area contributed by atoms with Crippen LogP contribution in [0.15, 0.2) is 46.9 Å². The largest absolute Gasteiger partial charge is 0.473 e. The van der Waals surface area contributed by atoms with Crippen molar-refractivity contribution in [3.8, 4) is 5.88 Å². The normalized spacial score (nSPS) is 10.1. The Bertz CT molecular complexity index is 444. The molecule has 0 radical (unpaired) electrons. The lowest BCUT2D eigenvalue weighted by Gasteiger charge is -2.05. The fourth-order valence-electron chi connectivity index (χ4n) is 1.25. The van der Waals surface area contributed by atoms with Gasteiger partial charge in [-0.1, -0.05) is 45.7 Å². The third kappa shape index (κ3) is 3.22. The predicted molar refractivity (Wildman–Crippen MR) is 67.7 cm³/mol. The fraction of sp³-hybridized carbons (Fsp3) is 0.0833. The average Bonchev–Trinajstić information content (AvgIpc) is 2.27. The van der Waals surface area contributed by atoms with Crippen LogP contribution in [0.4, 0.5) is 0 Å². The van der Waals surface area contributed by atoms with Gasteiger partial charge in [0.25, 0.3) is 0 Å². The van der Waals surface area contributed by atoms with Gasteiger partial charge in [-0.2, -0.15) is 0 Å². The van der Waals surface area contributed by atoms with Crippen molar-refractivity contribution in [2.75, 3.05) is 0 Å². The zero-order valence-corrected chi connectivity index (χ0v) is 10.7. The highest BCUT2D eigenvalue weighted by atomic mass is 79.9. The molecular formula is C12H9BrClNO. The van der Waals surface area contributed by atoms with Gasteiger partial charge in [0.1, 0.15) is 11.8 Å². The molecule has 0 amide bonds. The summed E-state index contributed by atoms with van der Waals surface area (Å²) >= 11 is 9.16. The number of hydrogen-bond donors (Lipinski definition) is 0. The van der Waals surface area contributed by atoms with Gasteiger partial charge in [-0.25, -0.2) is 4.98 Å². The van der Waals surface area contributed by atoms with Crippen molar-refractivity contribution in [2.24, 2.45) is 0 Å². The standard InChI is InChI=1S/C12H9BrClNO/c13-10-4-1-3-9(7-10)8-16-12-6-2-5-11(14)15-12/h1-7H,8H2. The lowest BCUT2D eigenvalue weighted by molar-refractivity contribution is 0.294. The quantitative estimate of drug-likeness (QED) is 0.797. The summed E-state index contributed by atoms with van der Waals surface area (Å²) in [6.45, 7) is 0.479. The Morgan fingerprint density at radius 2 is 2.00 bits per heavy atom. The number of nitrogens with zero attached hydrogens (tertiary/aromatic N) is 1. The van der Waals surface area contributed by atoms with Crippen LogP contribution in [0.2, 0.25) is 5.15 Å². The van der Waals surface area contributed by atoms with Gasteiger partial charge >= 0.3 is 0 Å². The van der Waals surface area contributed by atoms with Gasteiger partial charge in [-0.05, 0) is 23.8 Å². The van der Waals surface area contributed by atoms with Crippen molar-refractivity contribution in [2.45, 2.75) is 6.61 Å². The minimum Gasteiger partial charge on any atom is -0.473 e. The van der Waals surface area contributed by atoms with E-state index in [2.05, 4.69) is 20.9 Å². The van der Waals surface area contributed by atoms with E-state index in [4.69, 9.17) is 16.3 Å². The number of halogens is 2. The van der Waals surface area contributed by atoms with Gasteiger partial charge in [0, 0.05) is 10.5 Å². The van der Waals surface area contributed by atoms with E-state index >= 15 is 0 Å². The van der Waals surface area contributed by atoms with E-state index in [0.717, 1.165) is 10.0 Å². The maximum atomic E-state index is 5.75. The first kappa shape index (κ1) is 11.4. The molecule has 82 valence electrons. The van der Waals surface area contributed by atoms with E-state index < -0.39 is 0 Å². The summed E-state index contributed by atoms with van der Waals surface area (Å²) < 4.78 is 6.55. The molecule has 4 heteroatoms. The smallest absolute Gasteiger partial charge is 0.214 e. The topological polar surface area (TPSA) is 22.1 Å². The zero-order chi connectivity index (χ0) is 11.4. The molecule has 0 atom stereocenters. The second-order valence-corrected chi connectivity index (χ2v) is 4.52. The van der Waals surface area contributed by atoms with E-state index in [0.29, 0.717) is 17.6 Å². The molecule has 1 aromatic heterocycles. The van der Waals surface area contributed by atoms with Crippen LogP contribution in [0.3, 0.4) is 0 Å². The minimum atomic E-state index is 0.437. The van der Waals surface area contributed by atoms with Gasteiger partial charge in [-0.3, -0.25) is 0 Å². The lowest BCUT2D eigenvalue weighted by Crippen LogP contribution is -1.96. The second kappa shape index (κ2) is 5.32. The number of aromatic nitrogens is 1. The van der Waals surface area contributed by atoms with Gasteiger partial charge < -0.3 is 4.74 Å². The molecule has 0 bridgehead atoms. The first-order valence-electron chi connectivity index (χ1n) is 4.74. The molecule has 2 rings (SSSR count). The van der Waals surface area contributed by atoms with E-state index in [9.17, 15) is 0 Å². The summed E-state index contributed by atoms with van der Waals surface area (Å²) in [4.78, 5) is 4.04. The van der Waals surface area contributed by atoms with Crippen LogP contribution in [-0.2, 0) is 6.61 Å². The first-order chi connectivity index (χ1) is 7.74. The number of pyridine rings is 1. The molecule has 0 aliphatic heterocycles. The van der Waals surface area contributed by atoms with Crippen molar-refractivity contribution in [3.63, 3.8) is 0 Å². The Balaban J connectivity index is 2.02. The summed E-state index contributed by atoms with van der Waals surface area (Å²) in [5.74, 6) is 0.535. The molecular weight excluding hydrogens is 289 g/mol. The van der Waals surface area contributed by atoms with Gasteiger partial charge in [-0.15, -0.1) is 0 Å². The van der Waals surface area contributed by atoms with Crippen LogP contribution in [0.5, 0.6) is 5.88 Å². The molecule has 0 fully saturated rings. The SMILES string of the molecule is Clc1cccc(OCc2cccc(Br)c2)n1. The maximum absolute atomic E-state index is 5.75. The Morgan fingerprint density at radius 3 is 2.75 bits per heavy atom. The third-order valence-corrected chi connectivity index (χ3v) is 2.67.